The second-order valence-corrected chi connectivity index (χ2v) is 8.54. The fourth-order valence-corrected chi connectivity index (χ4v) is 4.32. The minimum Gasteiger partial charge on any atom is -0.394 e. The largest absolute Gasteiger partial charge is 0.394 e. The smallest absolute Gasteiger partial charge is 0.129 e. The number of aliphatic hydroxyl groups is 1. The quantitative estimate of drug-likeness (QED) is 0.434. The minimum atomic E-state index is -0.575. The van der Waals surface area contributed by atoms with Crippen LogP contribution in [0.4, 0.5) is 0 Å². The van der Waals surface area contributed by atoms with Crippen LogP contribution in [0.3, 0.4) is 0 Å². The summed E-state index contributed by atoms with van der Waals surface area (Å²) in [5, 5.41) is 10.0. The van der Waals surface area contributed by atoms with Crippen LogP contribution in [-0.4, -0.2) is 41.6 Å². The van der Waals surface area contributed by atoms with Gasteiger partial charge in [-0.3, -0.25) is 0 Å². The molecule has 3 aromatic rings. The van der Waals surface area contributed by atoms with Gasteiger partial charge in [-0.15, -0.1) is 12.6 Å². The van der Waals surface area contributed by atoms with E-state index in [0.717, 1.165) is 16.7 Å². The SMILES string of the molecule is OC[C@H]1O[C@@H](S)[C@H](OCc2ccccc2)[C@@H](OCc2ccccc2)[C@@H]1OCc1ccccc1. The molecule has 1 aliphatic rings. The van der Waals surface area contributed by atoms with Gasteiger partial charge in [-0.25, -0.2) is 0 Å². The van der Waals surface area contributed by atoms with Crippen molar-refractivity contribution in [3.63, 3.8) is 0 Å². The third kappa shape index (κ3) is 6.67. The predicted octanol–water partition coefficient (Wildman–Crippen LogP) is 4.39. The molecular weight excluding hydrogens is 436 g/mol. The van der Waals surface area contributed by atoms with Crippen LogP contribution >= 0.6 is 12.6 Å². The van der Waals surface area contributed by atoms with E-state index in [1.165, 1.54) is 0 Å². The summed E-state index contributed by atoms with van der Waals surface area (Å²) < 4.78 is 24.9. The topological polar surface area (TPSA) is 57.2 Å². The summed E-state index contributed by atoms with van der Waals surface area (Å²) in [6.07, 6.45) is -2.07. The van der Waals surface area contributed by atoms with Crippen molar-refractivity contribution in [2.24, 2.45) is 0 Å². The number of hydrogen-bond donors (Lipinski definition) is 2. The zero-order valence-corrected chi connectivity index (χ0v) is 19.3. The Bertz CT molecular complexity index is 941. The lowest BCUT2D eigenvalue weighted by molar-refractivity contribution is -0.251. The van der Waals surface area contributed by atoms with Gasteiger partial charge < -0.3 is 24.1 Å². The Morgan fingerprint density at radius 1 is 0.606 bits per heavy atom. The molecule has 0 radical (unpaired) electrons. The Hall–Kier alpha value is -2.19. The molecule has 1 fully saturated rings. The molecule has 1 aliphatic heterocycles. The molecule has 3 aromatic carbocycles. The molecule has 5 atom stereocenters. The first-order valence-electron chi connectivity index (χ1n) is 11.2. The summed E-state index contributed by atoms with van der Waals surface area (Å²) in [7, 11) is 0. The van der Waals surface area contributed by atoms with Crippen molar-refractivity contribution >= 4 is 12.6 Å². The molecule has 0 aliphatic carbocycles. The number of benzene rings is 3. The van der Waals surface area contributed by atoms with Gasteiger partial charge >= 0.3 is 0 Å². The molecule has 0 saturated carbocycles. The monoisotopic (exact) mass is 466 g/mol. The van der Waals surface area contributed by atoms with Gasteiger partial charge in [-0.2, -0.15) is 0 Å². The first-order chi connectivity index (χ1) is 16.2. The zero-order valence-electron chi connectivity index (χ0n) is 18.4. The maximum atomic E-state index is 10.0. The Labute approximate surface area is 200 Å². The zero-order chi connectivity index (χ0) is 22.9. The molecule has 0 bridgehead atoms. The lowest BCUT2D eigenvalue weighted by Crippen LogP contribution is -2.59. The summed E-state index contributed by atoms with van der Waals surface area (Å²) in [6, 6.07) is 29.8. The van der Waals surface area contributed by atoms with Crippen molar-refractivity contribution < 1.29 is 24.1 Å². The molecule has 1 N–H and O–H groups in total. The summed E-state index contributed by atoms with van der Waals surface area (Å²) in [4.78, 5) is 0. The first kappa shape index (κ1) is 24.0. The highest BCUT2D eigenvalue weighted by molar-refractivity contribution is 7.80. The molecule has 5 nitrogen and oxygen atoms in total. The highest BCUT2D eigenvalue weighted by atomic mass is 32.1. The van der Waals surface area contributed by atoms with Gasteiger partial charge in [0.15, 0.2) is 0 Å². The maximum Gasteiger partial charge on any atom is 0.129 e. The lowest BCUT2D eigenvalue weighted by atomic mass is 9.99. The predicted molar refractivity (Wildman–Crippen MR) is 130 cm³/mol. The van der Waals surface area contributed by atoms with Crippen LogP contribution in [0, 0.1) is 0 Å². The molecule has 0 amide bonds. The van der Waals surface area contributed by atoms with Crippen molar-refractivity contribution in [2.75, 3.05) is 6.61 Å². The molecule has 4 rings (SSSR count). The van der Waals surface area contributed by atoms with Crippen molar-refractivity contribution in [1.82, 2.24) is 0 Å². The van der Waals surface area contributed by atoms with Crippen LogP contribution in [0.2, 0.25) is 0 Å². The van der Waals surface area contributed by atoms with Crippen LogP contribution in [0.15, 0.2) is 91.0 Å². The van der Waals surface area contributed by atoms with Crippen molar-refractivity contribution in [2.45, 2.75) is 49.7 Å². The Morgan fingerprint density at radius 2 is 1.00 bits per heavy atom. The maximum absolute atomic E-state index is 10.0. The van der Waals surface area contributed by atoms with Crippen LogP contribution in [-0.2, 0) is 38.8 Å². The third-order valence-electron chi connectivity index (χ3n) is 5.65. The van der Waals surface area contributed by atoms with Crippen molar-refractivity contribution in [3.8, 4) is 0 Å². The van der Waals surface area contributed by atoms with Gasteiger partial charge in [-0.1, -0.05) is 91.0 Å². The average Bonchev–Trinajstić information content (AvgIpc) is 2.87. The molecule has 0 aromatic heterocycles. The molecule has 1 saturated heterocycles. The van der Waals surface area contributed by atoms with Gasteiger partial charge in [0.2, 0.25) is 0 Å². The van der Waals surface area contributed by atoms with E-state index in [4.69, 9.17) is 18.9 Å². The van der Waals surface area contributed by atoms with E-state index in [2.05, 4.69) is 12.6 Å². The van der Waals surface area contributed by atoms with Gasteiger partial charge in [-0.05, 0) is 16.7 Å². The van der Waals surface area contributed by atoms with E-state index in [1.807, 2.05) is 91.0 Å². The molecule has 0 unspecified atom stereocenters. The molecule has 33 heavy (non-hydrogen) atoms. The van der Waals surface area contributed by atoms with Crippen molar-refractivity contribution in [1.29, 1.82) is 0 Å². The van der Waals surface area contributed by atoms with E-state index in [9.17, 15) is 5.11 Å². The molecule has 6 heteroatoms. The number of thiol groups is 1. The van der Waals surface area contributed by atoms with Gasteiger partial charge in [0.1, 0.15) is 29.9 Å². The van der Waals surface area contributed by atoms with Gasteiger partial charge in [0.25, 0.3) is 0 Å². The Kier molecular flexibility index (Phi) is 8.94. The molecule has 0 spiro atoms. The highest BCUT2D eigenvalue weighted by Crippen LogP contribution is 2.31. The van der Waals surface area contributed by atoms with Crippen LogP contribution in [0.1, 0.15) is 16.7 Å². The minimum absolute atomic E-state index is 0.201. The van der Waals surface area contributed by atoms with Crippen molar-refractivity contribution in [3.05, 3.63) is 108 Å². The van der Waals surface area contributed by atoms with E-state index in [0.29, 0.717) is 19.8 Å². The van der Waals surface area contributed by atoms with Gasteiger partial charge in [0, 0.05) is 0 Å². The second kappa shape index (κ2) is 12.3. The fraction of sp³-hybridized carbons (Fsp3) is 0.333. The summed E-state index contributed by atoms with van der Waals surface area (Å²) in [5.74, 6) is 0. The lowest BCUT2D eigenvalue weighted by Gasteiger charge is -2.44. The first-order valence-corrected chi connectivity index (χ1v) is 11.7. The average molecular weight is 467 g/mol. The van der Waals surface area contributed by atoms with Crippen LogP contribution in [0.25, 0.3) is 0 Å². The number of rotatable bonds is 10. The van der Waals surface area contributed by atoms with E-state index < -0.39 is 29.9 Å². The number of aliphatic hydroxyl groups excluding tert-OH is 1. The normalized spacial score (nSPS) is 25.1. The van der Waals surface area contributed by atoms with E-state index in [-0.39, 0.29) is 6.61 Å². The molecule has 1 heterocycles. The van der Waals surface area contributed by atoms with E-state index in [1.54, 1.807) is 0 Å². The van der Waals surface area contributed by atoms with Crippen LogP contribution in [0.5, 0.6) is 0 Å². The summed E-state index contributed by atoms with van der Waals surface area (Å²) in [5.41, 5.74) is 2.56. The van der Waals surface area contributed by atoms with Gasteiger partial charge in [0.05, 0.1) is 26.4 Å². The Balaban J connectivity index is 1.53. The molecule has 174 valence electrons. The second-order valence-electron chi connectivity index (χ2n) is 8.03. The number of hydrogen-bond acceptors (Lipinski definition) is 6. The fourth-order valence-electron chi connectivity index (χ4n) is 3.91. The summed E-state index contributed by atoms with van der Waals surface area (Å²) in [6.45, 7) is 0.958. The highest BCUT2D eigenvalue weighted by Gasteiger charge is 2.47. The Morgan fingerprint density at radius 3 is 1.42 bits per heavy atom. The standard InChI is InChI=1S/C27H30O5S/c28-16-23-24(29-17-20-10-4-1-5-11-20)25(30-18-21-12-6-2-7-13-21)26(27(33)32-23)31-19-22-14-8-3-9-15-22/h1-15,23-28,33H,16-19H2/t23-,24-,25+,26-,27+/m1/s1. The van der Waals surface area contributed by atoms with E-state index >= 15 is 0 Å². The van der Waals surface area contributed by atoms with Crippen LogP contribution < -0.4 is 0 Å². The third-order valence-corrected chi connectivity index (χ3v) is 6.06. The molecular formula is C27H30O5S. The number of ether oxygens (including phenoxy) is 4. The summed E-state index contributed by atoms with van der Waals surface area (Å²) >= 11 is 4.64.